The van der Waals surface area contributed by atoms with Crippen LogP contribution < -0.4 is 15.9 Å². The van der Waals surface area contributed by atoms with Gasteiger partial charge in [-0.2, -0.15) is 0 Å². The van der Waals surface area contributed by atoms with Crippen LogP contribution in [0, 0.1) is 0 Å². The highest BCUT2D eigenvalue weighted by molar-refractivity contribution is 7.96. The predicted molar refractivity (Wildman–Crippen MR) is 144 cm³/mol. The van der Waals surface area contributed by atoms with Crippen molar-refractivity contribution in [2.75, 3.05) is 7.11 Å². The zero-order chi connectivity index (χ0) is 23.4. The van der Waals surface area contributed by atoms with E-state index in [2.05, 4.69) is 89.9 Å². The molecule has 1 aromatic heterocycles. The number of ether oxygens (including phenoxy) is 1. The summed E-state index contributed by atoms with van der Waals surface area (Å²) < 4.78 is 5.49. The van der Waals surface area contributed by atoms with Gasteiger partial charge in [0.15, 0.2) is 0 Å². The highest BCUT2D eigenvalue weighted by Gasteiger charge is 2.33. The number of esters is 1. The lowest BCUT2D eigenvalue weighted by molar-refractivity contribution is -0.132. The number of benzene rings is 4. The Balaban J connectivity index is 1.94. The number of aromatic nitrogens is 1. The molecule has 34 heavy (non-hydrogen) atoms. The van der Waals surface area contributed by atoms with Crippen LogP contribution in [0.4, 0.5) is 0 Å². The monoisotopic (exact) mass is 463 g/mol. The van der Waals surface area contributed by atoms with E-state index >= 15 is 0 Å². The van der Waals surface area contributed by atoms with Gasteiger partial charge in [-0.05, 0) is 34.4 Å². The molecular weight excluding hydrogens is 437 g/mol. The molecule has 0 fully saturated rings. The van der Waals surface area contributed by atoms with Crippen molar-refractivity contribution in [1.29, 1.82) is 0 Å². The summed E-state index contributed by atoms with van der Waals surface area (Å²) in [6.07, 6.45) is 2.51. The molecule has 4 aromatic carbocycles. The Kier molecular flexibility index (Phi) is 6.20. The van der Waals surface area contributed by atoms with Gasteiger partial charge in [0, 0.05) is 23.5 Å². The first-order valence-electron chi connectivity index (χ1n) is 11.3. The number of nitrogens with one attached hydrogen (secondary N) is 1. The molecule has 0 spiro atoms. The number of H-pyrrole nitrogens is 1. The molecule has 0 saturated heterocycles. The highest BCUT2D eigenvalue weighted by atomic mass is 31.2. The first-order chi connectivity index (χ1) is 16.7. The van der Waals surface area contributed by atoms with E-state index < -0.39 is 6.89 Å². The lowest BCUT2D eigenvalue weighted by Gasteiger charge is -2.32. The van der Waals surface area contributed by atoms with Crippen molar-refractivity contribution in [3.8, 4) is 0 Å². The number of hydrogen-bond acceptors (Lipinski definition) is 2. The normalized spacial score (nSPS) is 11.3. The summed E-state index contributed by atoms with van der Waals surface area (Å²) in [4.78, 5) is 17.1. The van der Waals surface area contributed by atoms with Gasteiger partial charge in [-0.1, -0.05) is 109 Å². The van der Waals surface area contributed by atoms with Crippen molar-refractivity contribution < 1.29 is 9.53 Å². The third kappa shape index (κ3) is 3.79. The van der Waals surface area contributed by atoms with Gasteiger partial charge in [0.05, 0.1) is 12.4 Å². The third-order valence-corrected chi connectivity index (χ3v) is 10.7. The van der Waals surface area contributed by atoms with Crippen LogP contribution in [0.15, 0.2) is 121 Å². The minimum Gasteiger partial charge on any atom is -0.466 e. The second-order valence-corrected chi connectivity index (χ2v) is 11.6. The molecular formula is C30H26NO2P. The van der Waals surface area contributed by atoms with E-state index in [0.29, 0.717) is 6.42 Å². The Morgan fingerprint density at radius 3 is 1.68 bits per heavy atom. The average Bonchev–Trinajstić information content (AvgIpc) is 3.33. The molecule has 168 valence electrons. The van der Waals surface area contributed by atoms with Crippen LogP contribution in [0.2, 0.25) is 0 Å². The van der Waals surface area contributed by atoms with Crippen LogP contribution in [0.25, 0.3) is 10.9 Å². The highest BCUT2D eigenvalue weighted by Crippen LogP contribution is 2.47. The van der Waals surface area contributed by atoms with Gasteiger partial charge in [-0.25, -0.2) is 4.79 Å². The summed E-state index contributed by atoms with van der Waals surface area (Å²) >= 11 is 0. The number of para-hydroxylation sites is 1. The Labute approximate surface area is 200 Å². The third-order valence-electron chi connectivity index (χ3n) is 6.29. The lowest BCUT2D eigenvalue weighted by Crippen LogP contribution is -2.35. The molecule has 0 saturated carbocycles. The SMILES string of the molecule is COC(=O)C(Cc1c[nH]c2ccccc12)=P(c1ccccc1)(c1ccccc1)c1ccccc1. The predicted octanol–water partition coefficient (Wildman–Crippen LogP) is 5.05. The van der Waals surface area contributed by atoms with Gasteiger partial charge in [0.1, 0.15) is 0 Å². The fourth-order valence-corrected chi connectivity index (χ4v) is 9.23. The minimum absolute atomic E-state index is 0.268. The van der Waals surface area contributed by atoms with Crippen molar-refractivity contribution in [1.82, 2.24) is 4.98 Å². The van der Waals surface area contributed by atoms with E-state index in [1.165, 1.54) is 7.11 Å². The molecule has 0 unspecified atom stereocenters. The number of rotatable bonds is 6. The van der Waals surface area contributed by atoms with Crippen LogP contribution in [-0.2, 0) is 16.0 Å². The maximum atomic E-state index is 13.7. The van der Waals surface area contributed by atoms with Gasteiger partial charge >= 0.3 is 5.97 Å². The molecule has 0 radical (unpaired) electrons. The number of methoxy groups -OCH3 is 1. The molecule has 1 N–H and O–H groups in total. The van der Waals surface area contributed by atoms with Gasteiger partial charge < -0.3 is 9.72 Å². The lowest BCUT2D eigenvalue weighted by atomic mass is 10.1. The maximum absolute atomic E-state index is 13.7. The van der Waals surface area contributed by atoms with Crippen molar-refractivity contribution in [2.45, 2.75) is 6.42 Å². The first kappa shape index (κ1) is 22.0. The summed E-state index contributed by atoms with van der Waals surface area (Å²) in [6.45, 7) is -2.53. The van der Waals surface area contributed by atoms with Crippen LogP contribution in [-0.4, -0.2) is 23.4 Å². The molecule has 0 atom stereocenters. The van der Waals surface area contributed by atoms with Crippen LogP contribution >= 0.6 is 6.89 Å². The van der Waals surface area contributed by atoms with Gasteiger partial charge in [-0.15, -0.1) is 0 Å². The summed E-state index contributed by atoms with van der Waals surface area (Å²) in [5, 5.41) is 5.30. The van der Waals surface area contributed by atoms with Crippen molar-refractivity contribution in [3.05, 3.63) is 127 Å². The zero-order valence-corrected chi connectivity index (χ0v) is 19.9. The number of carbonyl (C=O) groups excluding carboxylic acids is 1. The van der Waals surface area contributed by atoms with E-state index in [1.807, 2.05) is 36.5 Å². The molecule has 0 aliphatic rings. The molecule has 5 rings (SSSR count). The first-order valence-corrected chi connectivity index (χ1v) is 13.1. The molecule has 0 aliphatic heterocycles. The summed E-state index contributed by atoms with van der Waals surface area (Å²) in [5.74, 6) is -0.268. The number of fused-ring (bicyclic) bond motifs is 1. The fourth-order valence-electron chi connectivity index (χ4n) is 4.77. The molecule has 1 heterocycles. The van der Waals surface area contributed by atoms with Crippen LogP contribution in [0.5, 0.6) is 0 Å². The Morgan fingerprint density at radius 1 is 0.706 bits per heavy atom. The fraction of sp³-hybridized carbons (Fsp3) is 0.0667. The van der Waals surface area contributed by atoms with E-state index in [9.17, 15) is 4.79 Å². The van der Waals surface area contributed by atoms with Gasteiger partial charge in [0.2, 0.25) is 0 Å². The minimum atomic E-state index is -2.53. The number of hydrogen-bond donors (Lipinski definition) is 1. The zero-order valence-electron chi connectivity index (χ0n) is 19.0. The Hall–Kier alpha value is -3.81. The molecule has 0 aliphatic carbocycles. The number of carbonyl (C=O) groups is 1. The maximum Gasteiger partial charge on any atom is 0.335 e. The Bertz CT molecular complexity index is 1370. The van der Waals surface area contributed by atoms with Crippen LogP contribution in [0.3, 0.4) is 0 Å². The topological polar surface area (TPSA) is 42.1 Å². The molecule has 4 heteroatoms. The molecule has 5 aromatic rings. The number of aromatic amines is 1. The summed E-state index contributed by atoms with van der Waals surface area (Å²) in [7, 11) is 1.48. The second kappa shape index (κ2) is 9.59. The summed E-state index contributed by atoms with van der Waals surface area (Å²) in [5.41, 5.74) is 2.15. The van der Waals surface area contributed by atoms with Gasteiger partial charge in [-0.3, -0.25) is 0 Å². The van der Waals surface area contributed by atoms with Crippen LogP contribution in [0.1, 0.15) is 5.56 Å². The van der Waals surface area contributed by atoms with Crippen molar-refractivity contribution >= 4 is 45.0 Å². The van der Waals surface area contributed by atoms with E-state index in [-0.39, 0.29) is 5.97 Å². The van der Waals surface area contributed by atoms with E-state index in [1.54, 1.807) is 0 Å². The average molecular weight is 464 g/mol. The van der Waals surface area contributed by atoms with Gasteiger partial charge in [0.25, 0.3) is 0 Å². The summed E-state index contributed by atoms with van der Waals surface area (Å²) in [6, 6.07) is 39.5. The van der Waals surface area contributed by atoms with Crippen molar-refractivity contribution in [2.24, 2.45) is 0 Å². The van der Waals surface area contributed by atoms with E-state index in [4.69, 9.17) is 4.74 Å². The second-order valence-electron chi connectivity index (χ2n) is 8.15. The molecule has 3 nitrogen and oxygen atoms in total. The van der Waals surface area contributed by atoms with E-state index in [0.717, 1.165) is 37.7 Å². The largest absolute Gasteiger partial charge is 0.466 e. The van der Waals surface area contributed by atoms with Crippen molar-refractivity contribution in [3.63, 3.8) is 0 Å². The standard InChI is InChI=1S/C30H26NO2P/c1-33-30(32)29(21-23-22-31-28-20-12-11-19-27(23)28)34(24-13-5-2-6-14-24,25-15-7-3-8-16-25)26-17-9-4-10-18-26/h2-20,22,31H,21H2,1H3. The smallest absolute Gasteiger partial charge is 0.335 e. The molecule has 0 amide bonds. The quantitative estimate of drug-likeness (QED) is 0.283. The molecule has 0 bridgehead atoms. The Morgan fingerprint density at radius 2 is 1.18 bits per heavy atom.